The number of hydrogen-bond donors (Lipinski definition) is 1. The second-order valence-corrected chi connectivity index (χ2v) is 1.42. The van der Waals surface area contributed by atoms with Crippen molar-refractivity contribution < 1.29 is 4.39 Å². The Morgan fingerprint density at radius 1 is 1.88 bits per heavy atom. The van der Waals surface area contributed by atoms with E-state index < -0.39 is 0 Å². The molecule has 0 saturated heterocycles. The molecule has 0 atom stereocenters. The molecule has 0 aromatic heterocycles. The Morgan fingerprint density at radius 2 is 2.50 bits per heavy atom. The Hall–Kier alpha value is -0.370. The third-order valence-electron chi connectivity index (χ3n) is 0.931. The zero-order chi connectivity index (χ0) is 6.41. The third kappa shape index (κ3) is 2.75. The van der Waals surface area contributed by atoms with Crippen molar-refractivity contribution in [3.63, 3.8) is 0 Å². The number of hydrogen-bond acceptors (Lipinski definition) is 1. The lowest BCUT2D eigenvalue weighted by Gasteiger charge is -2.04. The van der Waals surface area contributed by atoms with Crippen LogP contribution >= 0.6 is 0 Å². The van der Waals surface area contributed by atoms with Crippen molar-refractivity contribution >= 4 is 0 Å². The van der Waals surface area contributed by atoms with E-state index in [2.05, 4.69) is 11.9 Å². The number of nitrogens with one attached hydrogen (secondary N) is 1. The monoisotopic (exact) mass is 116 g/mol. The highest BCUT2D eigenvalue weighted by atomic mass is 19.1. The Labute approximate surface area is 49.6 Å². The van der Waals surface area contributed by atoms with Gasteiger partial charge >= 0.3 is 0 Å². The summed E-state index contributed by atoms with van der Waals surface area (Å²) in [5, 5.41) is 2.81. The molecule has 0 fully saturated rings. The molecule has 0 heterocycles. The molecule has 0 bridgehead atoms. The van der Waals surface area contributed by atoms with Crippen LogP contribution in [0.3, 0.4) is 0 Å². The van der Waals surface area contributed by atoms with E-state index in [1.807, 2.05) is 0 Å². The Bertz CT molecular complexity index is 63.5. The molecule has 0 aliphatic rings. The zero-order valence-electron chi connectivity index (χ0n) is 5.08. The summed E-state index contributed by atoms with van der Waals surface area (Å²) in [6, 6.07) is 0.854. The topological polar surface area (TPSA) is 12.0 Å². The van der Waals surface area contributed by atoms with Crippen molar-refractivity contribution in [1.82, 2.24) is 5.32 Å². The van der Waals surface area contributed by atoms with Crippen LogP contribution in [0.15, 0.2) is 12.7 Å². The van der Waals surface area contributed by atoms with Gasteiger partial charge in [-0.05, 0) is 13.5 Å². The molecule has 2 heteroatoms. The minimum atomic E-state index is -0.317. The summed E-state index contributed by atoms with van der Waals surface area (Å²) >= 11 is 0. The van der Waals surface area contributed by atoms with Crippen molar-refractivity contribution in [2.45, 2.75) is 6.42 Å². The first kappa shape index (κ1) is 7.63. The van der Waals surface area contributed by atoms with Gasteiger partial charge in [0, 0.05) is 0 Å². The fourth-order valence-corrected chi connectivity index (χ4v) is 0.431. The predicted octanol–water partition coefficient (Wildman–Crippen LogP) is 1.28. The summed E-state index contributed by atoms with van der Waals surface area (Å²) in [6.45, 7) is 3.17. The first-order valence-corrected chi connectivity index (χ1v) is 2.57. The SMILES string of the molecule is C=C[C](CCF)NC. The molecule has 1 radical (unpaired) electrons. The minimum Gasteiger partial charge on any atom is -0.309 e. The van der Waals surface area contributed by atoms with Gasteiger partial charge < -0.3 is 5.32 Å². The second-order valence-electron chi connectivity index (χ2n) is 1.42. The van der Waals surface area contributed by atoms with Gasteiger partial charge in [-0.1, -0.05) is 6.08 Å². The molecule has 0 aliphatic heterocycles. The first-order chi connectivity index (χ1) is 3.85. The summed E-state index contributed by atoms with van der Waals surface area (Å²) in [6.07, 6.45) is 2.07. The molecular formula is C6H11FN. The minimum absolute atomic E-state index is 0.317. The molecule has 0 amide bonds. The van der Waals surface area contributed by atoms with Crippen molar-refractivity contribution in [3.8, 4) is 0 Å². The van der Waals surface area contributed by atoms with E-state index in [0.717, 1.165) is 6.04 Å². The molecule has 1 N–H and O–H groups in total. The van der Waals surface area contributed by atoms with Crippen LogP contribution in [0.2, 0.25) is 0 Å². The molecule has 8 heavy (non-hydrogen) atoms. The molecule has 0 spiro atoms. The molecule has 0 aromatic carbocycles. The summed E-state index contributed by atoms with van der Waals surface area (Å²) < 4.78 is 11.5. The van der Waals surface area contributed by atoms with E-state index in [9.17, 15) is 4.39 Å². The largest absolute Gasteiger partial charge is 0.309 e. The molecule has 0 rings (SSSR count). The van der Waals surface area contributed by atoms with Gasteiger partial charge in [-0.15, -0.1) is 6.58 Å². The van der Waals surface area contributed by atoms with Crippen LogP contribution in [0.1, 0.15) is 6.42 Å². The van der Waals surface area contributed by atoms with Gasteiger partial charge in [0.2, 0.25) is 0 Å². The molecular weight excluding hydrogens is 105 g/mol. The fraction of sp³-hybridized carbons (Fsp3) is 0.500. The van der Waals surface area contributed by atoms with Crippen LogP contribution < -0.4 is 5.32 Å². The average Bonchev–Trinajstić information content (AvgIpc) is 1.83. The van der Waals surface area contributed by atoms with Crippen molar-refractivity contribution in [1.29, 1.82) is 0 Å². The van der Waals surface area contributed by atoms with Crippen LogP contribution in [0.25, 0.3) is 0 Å². The number of likely N-dealkylation sites (N-methyl/N-ethyl adjacent to an activating group) is 1. The number of alkyl halides is 1. The van der Waals surface area contributed by atoms with Gasteiger partial charge in [-0.3, -0.25) is 4.39 Å². The van der Waals surface area contributed by atoms with Crippen molar-refractivity contribution in [3.05, 3.63) is 18.7 Å². The predicted molar refractivity (Wildman–Crippen MR) is 33.1 cm³/mol. The first-order valence-electron chi connectivity index (χ1n) is 2.57. The molecule has 0 aromatic rings. The molecule has 0 aliphatic carbocycles. The summed E-state index contributed by atoms with van der Waals surface area (Å²) in [5.41, 5.74) is 0. The van der Waals surface area contributed by atoms with Gasteiger partial charge in [0.1, 0.15) is 0 Å². The van der Waals surface area contributed by atoms with Crippen LogP contribution in [-0.2, 0) is 0 Å². The molecule has 0 saturated carbocycles. The lowest BCUT2D eigenvalue weighted by Crippen LogP contribution is -2.13. The highest BCUT2D eigenvalue weighted by molar-refractivity contribution is 5.02. The van der Waals surface area contributed by atoms with E-state index in [0.29, 0.717) is 6.42 Å². The summed E-state index contributed by atoms with van der Waals surface area (Å²) in [7, 11) is 1.76. The maximum atomic E-state index is 11.5. The van der Waals surface area contributed by atoms with Gasteiger partial charge in [0.25, 0.3) is 0 Å². The van der Waals surface area contributed by atoms with Crippen LogP contribution in [-0.4, -0.2) is 13.7 Å². The lowest BCUT2D eigenvalue weighted by atomic mass is 10.2. The number of halogens is 1. The highest BCUT2D eigenvalue weighted by Gasteiger charge is 1.97. The molecule has 1 nitrogen and oxygen atoms in total. The summed E-state index contributed by atoms with van der Waals surface area (Å²) in [5.74, 6) is 0. The fourth-order valence-electron chi connectivity index (χ4n) is 0.431. The summed E-state index contributed by atoms with van der Waals surface area (Å²) in [4.78, 5) is 0. The average molecular weight is 116 g/mol. The van der Waals surface area contributed by atoms with E-state index in [-0.39, 0.29) is 6.67 Å². The number of rotatable bonds is 4. The maximum Gasteiger partial charge on any atom is 0.0916 e. The Kier molecular flexibility index (Phi) is 4.56. The van der Waals surface area contributed by atoms with E-state index >= 15 is 0 Å². The van der Waals surface area contributed by atoms with Crippen molar-refractivity contribution in [2.75, 3.05) is 13.7 Å². The van der Waals surface area contributed by atoms with E-state index in [4.69, 9.17) is 0 Å². The zero-order valence-corrected chi connectivity index (χ0v) is 5.08. The maximum absolute atomic E-state index is 11.5. The van der Waals surface area contributed by atoms with E-state index in [1.165, 1.54) is 0 Å². The van der Waals surface area contributed by atoms with Crippen LogP contribution in [0, 0.1) is 6.04 Å². The third-order valence-corrected chi connectivity index (χ3v) is 0.931. The van der Waals surface area contributed by atoms with Crippen LogP contribution in [0.4, 0.5) is 4.39 Å². The van der Waals surface area contributed by atoms with Crippen molar-refractivity contribution in [2.24, 2.45) is 0 Å². The quantitative estimate of drug-likeness (QED) is 0.583. The molecule has 0 unspecified atom stereocenters. The second kappa shape index (κ2) is 4.78. The normalized spacial score (nSPS) is 9.88. The smallest absolute Gasteiger partial charge is 0.0916 e. The Balaban J connectivity index is 3.21. The van der Waals surface area contributed by atoms with Gasteiger partial charge in [-0.25, -0.2) is 0 Å². The lowest BCUT2D eigenvalue weighted by molar-refractivity contribution is 0.473. The van der Waals surface area contributed by atoms with E-state index in [1.54, 1.807) is 13.1 Å². The van der Waals surface area contributed by atoms with Crippen LogP contribution in [0.5, 0.6) is 0 Å². The van der Waals surface area contributed by atoms with Gasteiger partial charge in [0.15, 0.2) is 0 Å². The standard InChI is InChI=1S/C6H11FN/c1-3-6(8-2)4-5-7/h3,8H,1,4-5H2,2H3. The highest BCUT2D eigenvalue weighted by Crippen LogP contribution is 2.00. The van der Waals surface area contributed by atoms with Gasteiger partial charge in [0.05, 0.1) is 12.7 Å². The molecule has 47 valence electrons. The van der Waals surface area contributed by atoms with Gasteiger partial charge in [-0.2, -0.15) is 0 Å². The Morgan fingerprint density at radius 3 is 2.62 bits per heavy atom.